The van der Waals surface area contributed by atoms with Crippen LogP contribution in [0.4, 0.5) is 5.82 Å². The summed E-state index contributed by atoms with van der Waals surface area (Å²) >= 11 is 4.09. The minimum absolute atomic E-state index is 0.0634. The van der Waals surface area contributed by atoms with E-state index in [1.54, 1.807) is 12.1 Å². The molecule has 2 heterocycles. The second kappa shape index (κ2) is 5.04. The number of nitrogens with zero attached hydrogens (tertiary/aromatic N) is 4. The summed E-state index contributed by atoms with van der Waals surface area (Å²) in [4.78, 5) is 7.90. The van der Waals surface area contributed by atoms with Crippen LogP contribution in [-0.4, -0.2) is 27.1 Å². The number of sulfonamides is 1. The molecule has 0 amide bonds. The van der Waals surface area contributed by atoms with Gasteiger partial charge >= 0.3 is 0 Å². The van der Waals surface area contributed by atoms with E-state index in [0.717, 1.165) is 11.7 Å². The Bertz CT molecular complexity index is 863. The smallest absolute Gasteiger partial charge is 0.262 e. The Labute approximate surface area is 126 Å². The molecule has 10 heteroatoms. The molecule has 2 aromatic heterocycles. The van der Waals surface area contributed by atoms with Crippen LogP contribution in [0.1, 0.15) is 0 Å². The van der Waals surface area contributed by atoms with Crippen molar-refractivity contribution in [1.29, 1.82) is 0 Å². The quantitative estimate of drug-likeness (QED) is 0.756. The summed E-state index contributed by atoms with van der Waals surface area (Å²) < 4.78 is 35.6. The molecule has 3 aromatic rings. The van der Waals surface area contributed by atoms with Gasteiger partial charge in [0.05, 0.1) is 24.1 Å². The Morgan fingerprint density at radius 1 is 1.15 bits per heavy atom. The fourth-order valence-electron chi connectivity index (χ4n) is 1.56. The summed E-state index contributed by atoms with van der Waals surface area (Å²) in [6.45, 7) is 0. The SMILES string of the molecule is O=S(=O)(Nc1cnc(Br)cn1)c1cccc2nsnc12. The van der Waals surface area contributed by atoms with Crippen LogP contribution in [0.3, 0.4) is 0 Å². The van der Waals surface area contributed by atoms with Crippen molar-refractivity contribution in [3.05, 3.63) is 35.2 Å². The molecule has 0 fully saturated rings. The second-order valence-electron chi connectivity index (χ2n) is 3.72. The van der Waals surface area contributed by atoms with Crippen LogP contribution in [0.15, 0.2) is 40.1 Å². The minimum atomic E-state index is -3.79. The number of benzene rings is 1. The molecule has 0 aliphatic heterocycles. The lowest BCUT2D eigenvalue weighted by molar-refractivity contribution is 0.601. The Morgan fingerprint density at radius 3 is 2.75 bits per heavy atom. The number of halogens is 1. The van der Waals surface area contributed by atoms with Gasteiger partial charge in [0.2, 0.25) is 0 Å². The molecule has 0 saturated carbocycles. The van der Waals surface area contributed by atoms with Gasteiger partial charge in [-0.15, -0.1) is 0 Å². The van der Waals surface area contributed by atoms with Gasteiger partial charge in [-0.25, -0.2) is 18.4 Å². The van der Waals surface area contributed by atoms with Gasteiger partial charge in [0.25, 0.3) is 10.0 Å². The maximum Gasteiger partial charge on any atom is 0.265 e. The number of anilines is 1. The third-order valence-electron chi connectivity index (χ3n) is 2.40. The van der Waals surface area contributed by atoms with Gasteiger partial charge in [0.15, 0.2) is 5.82 Å². The molecule has 1 N–H and O–H groups in total. The number of hydrogen-bond donors (Lipinski definition) is 1. The van der Waals surface area contributed by atoms with Crippen molar-refractivity contribution in [1.82, 2.24) is 18.7 Å². The molecule has 0 unspecified atom stereocenters. The maximum atomic E-state index is 12.3. The molecule has 1 aromatic carbocycles. The predicted octanol–water partition coefficient (Wildman–Crippen LogP) is 2.04. The monoisotopic (exact) mass is 371 g/mol. The average Bonchev–Trinajstić information content (AvgIpc) is 2.89. The van der Waals surface area contributed by atoms with Crippen molar-refractivity contribution in [3.63, 3.8) is 0 Å². The Morgan fingerprint density at radius 2 is 2.00 bits per heavy atom. The molecule has 3 rings (SSSR count). The van der Waals surface area contributed by atoms with E-state index in [9.17, 15) is 8.42 Å². The molecule has 0 spiro atoms. The first-order valence-corrected chi connectivity index (χ1v) is 8.28. The number of fused-ring (bicyclic) bond motifs is 1. The topological polar surface area (TPSA) is 97.7 Å². The molecule has 0 bridgehead atoms. The first kappa shape index (κ1) is 13.3. The van der Waals surface area contributed by atoms with Gasteiger partial charge in [0, 0.05) is 0 Å². The highest BCUT2D eigenvalue weighted by molar-refractivity contribution is 9.10. The van der Waals surface area contributed by atoms with E-state index < -0.39 is 10.0 Å². The van der Waals surface area contributed by atoms with Crippen LogP contribution in [-0.2, 0) is 10.0 Å². The van der Waals surface area contributed by atoms with E-state index in [-0.39, 0.29) is 10.7 Å². The highest BCUT2D eigenvalue weighted by Crippen LogP contribution is 2.22. The Kier molecular flexibility index (Phi) is 3.36. The van der Waals surface area contributed by atoms with Crippen LogP contribution in [0, 0.1) is 0 Å². The van der Waals surface area contributed by atoms with E-state index in [0.29, 0.717) is 15.6 Å². The van der Waals surface area contributed by atoms with Gasteiger partial charge in [-0.1, -0.05) is 6.07 Å². The Balaban J connectivity index is 2.03. The highest BCUT2D eigenvalue weighted by atomic mass is 79.9. The molecule has 7 nitrogen and oxygen atoms in total. The summed E-state index contributed by atoms with van der Waals surface area (Å²) in [6, 6.07) is 4.79. The van der Waals surface area contributed by atoms with Crippen LogP contribution in [0.5, 0.6) is 0 Å². The molecule has 0 aliphatic carbocycles. The van der Waals surface area contributed by atoms with Crippen LogP contribution in [0.2, 0.25) is 0 Å². The van der Waals surface area contributed by atoms with Crippen molar-refractivity contribution in [2.45, 2.75) is 4.90 Å². The van der Waals surface area contributed by atoms with Gasteiger partial charge in [-0.3, -0.25) is 4.72 Å². The van der Waals surface area contributed by atoms with E-state index in [1.165, 1.54) is 18.5 Å². The van der Waals surface area contributed by atoms with E-state index in [1.807, 2.05) is 0 Å². The fourth-order valence-corrected chi connectivity index (χ4v) is 3.52. The number of nitrogens with one attached hydrogen (secondary N) is 1. The summed E-state index contributed by atoms with van der Waals surface area (Å²) in [7, 11) is -3.79. The first-order chi connectivity index (χ1) is 9.56. The van der Waals surface area contributed by atoms with E-state index >= 15 is 0 Å². The van der Waals surface area contributed by atoms with Crippen molar-refractivity contribution in [2.75, 3.05) is 4.72 Å². The van der Waals surface area contributed by atoms with Crippen molar-refractivity contribution < 1.29 is 8.42 Å². The van der Waals surface area contributed by atoms with Gasteiger partial charge in [-0.2, -0.15) is 8.75 Å². The largest absolute Gasteiger partial charge is 0.265 e. The van der Waals surface area contributed by atoms with E-state index in [2.05, 4.69) is 39.4 Å². The van der Waals surface area contributed by atoms with Crippen LogP contribution < -0.4 is 4.72 Å². The zero-order valence-corrected chi connectivity index (χ0v) is 12.9. The van der Waals surface area contributed by atoms with Crippen LogP contribution >= 0.6 is 27.7 Å². The lowest BCUT2D eigenvalue weighted by Gasteiger charge is -2.07. The Hall–Kier alpha value is -1.65. The van der Waals surface area contributed by atoms with Crippen molar-refractivity contribution in [2.24, 2.45) is 0 Å². The highest BCUT2D eigenvalue weighted by Gasteiger charge is 2.20. The van der Waals surface area contributed by atoms with Crippen LogP contribution in [0.25, 0.3) is 11.0 Å². The molecule has 0 saturated heterocycles. The summed E-state index contributed by atoms with van der Waals surface area (Å²) in [5.74, 6) is 0.133. The third kappa shape index (κ3) is 2.49. The number of hydrogen-bond acceptors (Lipinski definition) is 7. The van der Waals surface area contributed by atoms with E-state index in [4.69, 9.17) is 0 Å². The zero-order valence-electron chi connectivity index (χ0n) is 9.69. The molecule has 0 atom stereocenters. The average molecular weight is 372 g/mol. The number of aromatic nitrogens is 4. The second-order valence-corrected chi connectivity index (χ2v) is 6.71. The third-order valence-corrected chi connectivity index (χ3v) is 4.74. The first-order valence-electron chi connectivity index (χ1n) is 5.28. The molecule has 102 valence electrons. The van der Waals surface area contributed by atoms with Crippen molar-refractivity contribution in [3.8, 4) is 0 Å². The summed E-state index contributed by atoms with van der Waals surface area (Å²) in [6.07, 6.45) is 2.73. The predicted molar refractivity (Wildman–Crippen MR) is 78.0 cm³/mol. The molecule has 0 radical (unpaired) electrons. The number of rotatable bonds is 3. The summed E-state index contributed by atoms with van der Waals surface area (Å²) in [5, 5.41) is 0. The van der Waals surface area contributed by atoms with Crippen molar-refractivity contribution >= 4 is 54.5 Å². The standard InChI is InChI=1S/C10H6BrN5O2S2/c11-8-4-13-9(5-12-8)16-20(17,18)7-3-1-2-6-10(7)15-19-14-6/h1-5H,(H,13,16). The molecular formula is C10H6BrN5O2S2. The lowest BCUT2D eigenvalue weighted by Crippen LogP contribution is -2.14. The van der Waals surface area contributed by atoms with Gasteiger partial charge in [-0.05, 0) is 28.1 Å². The lowest BCUT2D eigenvalue weighted by atomic mass is 10.3. The zero-order chi connectivity index (χ0) is 14.2. The van der Waals surface area contributed by atoms with Gasteiger partial charge in [0.1, 0.15) is 20.5 Å². The molecule has 0 aliphatic rings. The van der Waals surface area contributed by atoms with Gasteiger partial charge < -0.3 is 0 Å². The molecule has 20 heavy (non-hydrogen) atoms. The molecular weight excluding hydrogens is 366 g/mol. The summed E-state index contributed by atoms with van der Waals surface area (Å²) in [5.41, 5.74) is 0.884. The fraction of sp³-hybridized carbons (Fsp3) is 0. The maximum absolute atomic E-state index is 12.3. The minimum Gasteiger partial charge on any atom is -0.262 e. The normalized spacial score (nSPS) is 11.7.